The van der Waals surface area contributed by atoms with E-state index in [0.29, 0.717) is 13.1 Å². The predicted molar refractivity (Wildman–Crippen MR) is 66.7 cm³/mol. The van der Waals surface area contributed by atoms with Crippen LogP contribution in [0.4, 0.5) is 0 Å². The third-order valence-electron chi connectivity index (χ3n) is 2.96. The van der Waals surface area contributed by atoms with Crippen molar-refractivity contribution in [2.75, 3.05) is 33.7 Å². The molecule has 1 saturated heterocycles. The zero-order valence-corrected chi connectivity index (χ0v) is 11.2. The van der Waals surface area contributed by atoms with Gasteiger partial charge < -0.3 is 15.1 Å². The lowest BCUT2D eigenvalue weighted by molar-refractivity contribution is -0.141. The molecule has 0 radical (unpaired) electrons. The van der Waals surface area contributed by atoms with Crippen molar-refractivity contribution in [1.82, 2.24) is 15.1 Å². The molecular weight excluding hydrogens is 234 g/mol. The normalized spacial score (nSPS) is 18.4. The van der Waals surface area contributed by atoms with Crippen molar-refractivity contribution in [3.63, 3.8) is 0 Å². The second-order valence-corrected chi connectivity index (χ2v) is 4.75. The molecule has 6 nitrogen and oxygen atoms in total. The molecule has 1 aliphatic heterocycles. The van der Waals surface area contributed by atoms with Crippen molar-refractivity contribution < 1.29 is 14.4 Å². The first-order chi connectivity index (χ1) is 8.45. The standard InChI is InChI=1S/C12H21N3O3/c1-4-5-15(8-11(17)14(2)3)12(18)9-6-10(16)13-7-9/h9H,4-8H2,1-3H3,(H,13,16). The van der Waals surface area contributed by atoms with Gasteiger partial charge in [0.05, 0.1) is 12.5 Å². The lowest BCUT2D eigenvalue weighted by atomic mass is 10.1. The van der Waals surface area contributed by atoms with Crippen LogP contribution in [0.25, 0.3) is 0 Å². The Hall–Kier alpha value is -1.59. The van der Waals surface area contributed by atoms with Gasteiger partial charge in [-0.25, -0.2) is 0 Å². The summed E-state index contributed by atoms with van der Waals surface area (Å²) in [6.07, 6.45) is 1.02. The van der Waals surface area contributed by atoms with Gasteiger partial charge in [0.2, 0.25) is 17.7 Å². The maximum Gasteiger partial charge on any atom is 0.241 e. The molecule has 6 heteroatoms. The number of carbonyl (C=O) groups is 3. The van der Waals surface area contributed by atoms with Crippen molar-refractivity contribution in [2.24, 2.45) is 5.92 Å². The van der Waals surface area contributed by atoms with Crippen LogP contribution < -0.4 is 5.32 Å². The minimum absolute atomic E-state index is 0.0877. The molecule has 1 heterocycles. The number of amides is 3. The van der Waals surface area contributed by atoms with Crippen molar-refractivity contribution >= 4 is 17.7 Å². The number of nitrogens with one attached hydrogen (secondary N) is 1. The number of nitrogens with zero attached hydrogens (tertiary/aromatic N) is 2. The first-order valence-corrected chi connectivity index (χ1v) is 6.21. The molecule has 1 rings (SSSR count). The van der Waals surface area contributed by atoms with E-state index in [1.807, 2.05) is 6.92 Å². The molecule has 1 unspecified atom stereocenters. The van der Waals surface area contributed by atoms with Gasteiger partial charge in [-0.15, -0.1) is 0 Å². The van der Waals surface area contributed by atoms with Crippen LogP contribution in [0.5, 0.6) is 0 Å². The van der Waals surface area contributed by atoms with Crippen molar-refractivity contribution in [3.05, 3.63) is 0 Å². The van der Waals surface area contributed by atoms with Gasteiger partial charge in [-0.1, -0.05) is 6.92 Å². The molecular formula is C12H21N3O3. The van der Waals surface area contributed by atoms with E-state index in [0.717, 1.165) is 6.42 Å². The van der Waals surface area contributed by atoms with Gasteiger partial charge in [-0.3, -0.25) is 14.4 Å². The number of carbonyl (C=O) groups excluding carboxylic acids is 3. The lowest BCUT2D eigenvalue weighted by Gasteiger charge is -2.25. The second kappa shape index (κ2) is 6.37. The molecule has 0 spiro atoms. The van der Waals surface area contributed by atoms with Crippen molar-refractivity contribution in [3.8, 4) is 0 Å². The number of likely N-dealkylation sites (N-methyl/N-ethyl adjacent to an activating group) is 1. The van der Waals surface area contributed by atoms with Crippen molar-refractivity contribution in [1.29, 1.82) is 0 Å². The van der Waals surface area contributed by atoms with Crippen LogP contribution in [0, 0.1) is 5.92 Å². The van der Waals surface area contributed by atoms with E-state index in [2.05, 4.69) is 5.32 Å². The molecule has 1 fully saturated rings. The molecule has 0 aliphatic carbocycles. The Balaban J connectivity index is 2.63. The van der Waals surface area contributed by atoms with Gasteiger partial charge in [0.25, 0.3) is 0 Å². The fraction of sp³-hybridized carbons (Fsp3) is 0.750. The molecule has 0 aromatic carbocycles. The molecule has 1 aliphatic rings. The Morgan fingerprint density at radius 2 is 2.06 bits per heavy atom. The summed E-state index contributed by atoms with van der Waals surface area (Å²) in [6, 6.07) is 0. The van der Waals surface area contributed by atoms with Gasteiger partial charge in [0.15, 0.2) is 0 Å². The average molecular weight is 255 g/mol. The van der Waals surface area contributed by atoms with E-state index in [4.69, 9.17) is 0 Å². The smallest absolute Gasteiger partial charge is 0.241 e. The maximum atomic E-state index is 12.2. The SMILES string of the molecule is CCCN(CC(=O)N(C)C)C(=O)C1CNC(=O)C1. The molecule has 3 amide bonds. The van der Waals surface area contributed by atoms with E-state index < -0.39 is 0 Å². The van der Waals surface area contributed by atoms with Crippen molar-refractivity contribution in [2.45, 2.75) is 19.8 Å². The molecule has 0 aromatic rings. The Bertz CT molecular complexity index is 341. The minimum atomic E-state index is -0.320. The molecule has 0 saturated carbocycles. The summed E-state index contributed by atoms with van der Waals surface area (Å²) in [5.41, 5.74) is 0. The van der Waals surface area contributed by atoms with Gasteiger partial charge >= 0.3 is 0 Å². The zero-order chi connectivity index (χ0) is 13.7. The van der Waals surface area contributed by atoms with E-state index in [1.54, 1.807) is 19.0 Å². The highest BCUT2D eigenvalue weighted by molar-refractivity contribution is 5.91. The fourth-order valence-electron chi connectivity index (χ4n) is 1.88. The third-order valence-corrected chi connectivity index (χ3v) is 2.96. The molecule has 102 valence electrons. The summed E-state index contributed by atoms with van der Waals surface area (Å²) in [6.45, 7) is 2.97. The monoisotopic (exact) mass is 255 g/mol. The van der Waals surface area contributed by atoms with Gasteiger partial charge in [-0.2, -0.15) is 0 Å². The van der Waals surface area contributed by atoms with Gasteiger partial charge in [0.1, 0.15) is 0 Å². The molecule has 18 heavy (non-hydrogen) atoms. The lowest BCUT2D eigenvalue weighted by Crippen LogP contribution is -2.43. The summed E-state index contributed by atoms with van der Waals surface area (Å²) in [5.74, 6) is -0.623. The summed E-state index contributed by atoms with van der Waals surface area (Å²) in [5, 5.41) is 2.64. The molecule has 1 N–H and O–H groups in total. The molecule has 0 bridgehead atoms. The average Bonchev–Trinajstić information content (AvgIpc) is 2.74. The number of hydrogen-bond acceptors (Lipinski definition) is 3. The Kier molecular flexibility index (Phi) is 5.12. The van der Waals surface area contributed by atoms with Gasteiger partial charge in [0, 0.05) is 33.6 Å². The summed E-state index contributed by atoms with van der Waals surface area (Å²) in [7, 11) is 3.33. The molecule has 1 atom stereocenters. The summed E-state index contributed by atoms with van der Waals surface area (Å²) in [4.78, 5) is 38.0. The van der Waals surface area contributed by atoms with E-state index >= 15 is 0 Å². The number of rotatable bonds is 5. The fourth-order valence-corrected chi connectivity index (χ4v) is 1.88. The van der Waals surface area contributed by atoms with E-state index in [1.165, 1.54) is 4.90 Å². The van der Waals surface area contributed by atoms with Crippen LogP contribution in [0.3, 0.4) is 0 Å². The number of hydrogen-bond donors (Lipinski definition) is 1. The van der Waals surface area contributed by atoms with Crippen LogP contribution in [-0.4, -0.2) is 61.3 Å². The van der Waals surface area contributed by atoms with Gasteiger partial charge in [-0.05, 0) is 6.42 Å². The predicted octanol–water partition coefficient (Wildman–Crippen LogP) is -0.551. The van der Waals surface area contributed by atoms with Crippen LogP contribution in [0.15, 0.2) is 0 Å². The first-order valence-electron chi connectivity index (χ1n) is 6.21. The highest BCUT2D eigenvalue weighted by Gasteiger charge is 2.31. The Labute approximate surface area is 107 Å². The molecule has 0 aromatic heterocycles. The van der Waals surface area contributed by atoms with E-state index in [9.17, 15) is 14.4 Å². The maximum absolute atomic E-state index is 12.2. The second-order valence-electron chi connectivity index (χ2n) is 4.75. The summed E-state index contributed by atoms with van der Waals surface area (Å²) >= 11 is 0. The van der Waals surface area contributed by atoms with Crippen LogP contribution >= 0.6 is 0 Å². The Morgan fingerprint density at radius 1 is 1.39 bits per heavy atom. The highest BCUT2D eigenvalue weighted by atomic mass is 16.2. The van der Waals surface area contributed by atoms with Crippen LogP contribution in [-0.2, 0) is 14.4 Å². The first kappa shape index (κ1) is 14.5. The topological polar surface area (TPSA) is 69.7 Å². The largest absolute Gasteiger partial charge is 0.355 e. The minimum Gasteiger partial charge on any atom is -0.355 e. The zero-order valence-electron chi connectivity index (χ0n) is 11.2. The Morgan fingerprint density at radius 3 is 2.50 bits per heavy atom. The summed E-state index contributed by atoms with van der Waals surface area (Å²) < 4.78 is 0. The van der Waals surface area contributed by atoms with Crippen LogP contribution in [0.1, 0.15) is 19.8 Å². The quantitative estimate of drug-likeness (QED) is 0.716. The highest BCUT2D eigenvalue weighted by Crippen LogP contribution is 2.13. The third kappa shape index (κ3) is 3.72. The van der Waals surface area contributed by atoms with E-state index in [-0.39, 0.29) is 36.6 Å². The van der Waals surface area contributed by atoms with Crippen LogP contribution in [0.2, 0.25) is 0 Å².